The lowest BCUT2D eigenvalue weighted by molar-refractivity contribution is 0.418. The number of hydrogen-bond donors (Lipinski definition) is 2. The number of rotatable bonds is 6. The van der Waals surface area contributed by atoms with Crippen molar-refractivity contribution in [1.82, 2.24) is 30.0 Å². The molecule has 9 nitrogen and oxygen atoms in total. The summed E-state index contributed by atoms with van der Waals surface area (Å²) < 4.78 is 6.88. The highest BCUT2D eigenvalue weighted by atomic mass is 35.5. The van der Waals surface area contributed by atoms with E-state index in [1.807, 2.05) is 34.7 Å². The van der Waals surface area contributed by atoms with Crippen molar-refractivity contribution in [3.05, 3.63) is 38.4 Å². The van der Waals surface area contributed by atoms with Gasteiger partial charge in [0.2, 0.25) is 0 Å². The maximum absolute atomic E-state index is 12.6. The molecule has 0 aromatic carbocycles. The summed E-state index contributed by atoms with van der Waals surface area (Å²) in [6, 6.07) is 1.97. The van der Waals surface area contributed by atoms with Crippen LogP contribution in [-0.4, -0.2) is 37.8 Å². The van der Waals surface area contributed by atoms with Crippen LogP contribution < -0.4 is 16.6 Å². The Morgan fingerprint density at radius 2 is 1.96 bits per heavy atom. The lowest BCUT2D eigenvalue weighted by Crippen LogP contribution is -2.31. The minimum atomic E-state index is -0.513. The van der Waals surface area contributed by atoms with Gasteiger partial charge in [-0.1, -0.05) is 19.0 Å². The van der Waals surface area contributed by atoms with E-state index in [0.717, 1.165) is 5.69 Å². The number of H-pyrrole nitrogens is 1. The molecule has 3 heterocycles. The van der Waals surface area contributed by atoms with E-state index in [0.29, 0.717) is 30.0 Å². The Labute approximate surface area is 168 Å². The van der Waals surface area contributed by atoms with E-state index in [1.54, 1.807) is 6.07 Å². The molecule has 152 valence electrons. The highest BCUT2D eigenvalue weighted by Crippen LogP contribution is 2.27. The standard InChI is InChI=1S/C18H24N6O3.ClH/c1-6-24-15-14(16(25)22-18(24)26)11(8-12(20-15)9(2)3)17-21-13(23-27-17)7-10(4)19-5;/h8-10,19H,6-7H2,1-5H3,(H,22,25,26);1H. The molecule has 0 bridgehead atoms. The molecular formula is C18H25ClN6O3. The number of fused-ring (bicyclic) bond motifs is 1. The number of halogens is 1. The minimum Gasteiger partial charge on any atom is -0.334 e. The Balaban J connectivity index is 0.00000280. The normalized spacial score (nSPS) is 12.4. The van der Waals surface area contributed by atoms with Gasteiger partial charge in [0, 0.05) is 24.7 Å². The molecule has 3 aromatic heterocycles. The summed E-state index contributed by atoms with van der Waals surface area (Å²) >= 11 is 0. The smallest absolute Gasteiger partial charge is 0.329 e. The quantitative estimate of drug-likeness (QED) is 0.638. The SMILES string of the molecule is CCn1c(=O)[nH]c(=O)c2c(-c3nc(CC(C)NC)no3)cc(C(C)C)nc21.Cl. The first kappa shape index (κ1) is 21.8. The van der Waals surface area contributed by atoms with E-state index in [1.165, 1.54) is 4.57 Å². The number of nitrogens with one attached hydrogen (secondary N) is 2. The fraction of sp³-hybridized carbons (Fsp3) is 0.500. The highest BCUT2D eigenvalue weighted by molar-refractivity contribution is 5.89. The summed E-state index contributed by atoms with van der Waals surface area (Å²) in [6.45, 7) is 8.21. The van der Waals surface area contributed by atoms with Crippen molar-refractivity contribution in [2.75, 3.05) is 7.05 Å². The zero-order valence-electron chi connectivity index (χ0n) is 16.6. The average molecular weight is 409 g/mol. The van der Waals surface area contributed by atoms with E-state index >= 15 is 0 Å². The van der Waals surface area contributed by atoms with Crippen molar-refractivity contribution in [2.24, 2.45) is 0 Å². The summed E-state index contributed by atoms with van der Waals surface area (Å²) in [5, 5.41) is 7.42. The maximum Gasteiger partial charge on any atom is 0.329 e. The molecular weight excluding hydrogens is 384 g/mol. The van der Waals surface area contributed by atoms with Crippen molar-refractivity contribution in [2.45, 2.75) is 52.6 Å². The van der Waals surface area contributed by atoms with E-state index < -0.39 is 11.2 Å². The fourth-order valence-electron chi connectivity index (χ4n) is 2.87. The average Bonchev–Trinajstić information content (AvgIpc) is 3.09. The van der Waals surface area contributed by atoms with Crippen LogP contribution in [0.5, 0.6) is 0 Å². The molecule has 0 amide bonds. The molecule has 0 aliphatic rings. The Morgan fingerprint density at radius 1 is 1.25 bits per heavy atom. The molecule has 3 aromatic rings. The molecule has 1 atom stereocenters. The Kier molecular flexibility index (Phi) is 6.73. The van der Waals surface area contributed by atoms with Crippen molar-refractivity contribution in [1.29, 1.82) is 0 Å². The lowest BCUT2D eigenvalue weighted by Gasteiger charge is -2.12. The topological polar surface area (TPSA) is 119 Å². The van der Waals surface area contributed by atoms with Gasteiger partial charge in [0.1, 0.15) is 0 Å². The molecule has 0 radical (unpaired) electrons. The third-order valence-corrected chi connectivity index (χ3v) is 4.56. The second-order valence-corrected chi connectivity index (χ2v) is 6.86. The molecule has 28 heavy (non-hydrogen) atoms. The second-order valence-electron chi connectivity index (χ2n) is 6.86. The highest BCUT2D eigenvalue weighted by Gasteiger charge is 2.21. The van der Waals surface area contributed by atoms with Crippen molar-refractivity contribution >= 4 is 23.4 Å². The maximum atomic E-state index is 12.6. The zero-order valence-corrected chi connectivity index (χ0v) is 17.4. The lowest BCUT2D eigenvalue weighted by atomic mass is 10.0. The number of hydrogen-bond acceptors (Lipinski definition) is 7. The monoisotopic (exact) mass is 408 g/mol. The van der Waals surface area contributed by atoms with Crippen LogP contribution in [0.3, 0.4) is 0 Å². The molecule has 0 saturated carbocycles. The number of aromatic nitrogens is 5. The van der Waals surface area contributed by atoms with Crippen LogP contribution in [0.1, 0.15) is 45.1 Å². The molecule has 0 saturated heterocycles. The Bertz CT molecular complexity index is 1090. The zero-order chi connectivity index (χ0) is 19.7. The Morgan fingerprint density at radius 3 is 2.57 bits per heavy atom. The summed E-state index contributed by atoms with van der Waals surface area (Å²) in [5.41, 5.74) is 0.566. The largest absolute Gasteiger partial charge is 0.334 e. The predicted molar refractivity (Wildman–Crippen MR) is 109 cm³/mol. The van der Waals surface area contributed by atoms with Gasteiger partial charge in [0.25, 0.3) is 11.4 Å². The molecule has 0 fully saturated rings. The Hall–Kier alpha value is -2.52. The van der Waals surface area contributed by atoms with Crippen molar-refractivity contribution in [3.8, 4) is 11.5 Å². The second kappa shape index (κ2) is 8.66. The number of aryl methyl sites for hydroxylation is 1. The van der Waals surface area contributed by atoms with Gasteiger partial charge >= 0.3 is 5.69 Å². The van der Waals surface area contributed by atoms with Gasteiger partial charge in [-0.3, -0.25) is 14.3 Å². The molecule has 3 rings (SSSR count). The van der Waals surface area contributed by atoms with Gasteiger partial charge in [0.05, 0.1) is 10.9 Å². The summed E-state index contributed by atoms with van der Waals surface area (Å²) in [6.07, 6.45) is 0.593. The first-order chi connectivity index (χ1) is 12.8. The van der Waals surface area contributed by atoms with Crippen LogP contribution in [0.2, 0.25) is 0 Å². The number of likely N-dealkylation sites (N-methyl/N-ethyl adjacent to an activating group) is 1. The molecule has 0 aliphatic carbocycles. The molecule has 0 spiro atoms. The molecule has 1 unspecified atom stereocenters. The van der Waals surface area contributed by atoms with Crippen LogP contribution in [0.25, 0.3) is 22.5 Å². The van der Waals surface area contributed by atoms with E-state index in [4.69, 9.17) is 4.52 Å². The first-order valence-corrected chi connectivity index (χ1v) is 9.03. The van der Waals surface area contributed by atoms with Gasteiger partial charge < -0.3 is 9.84 Å². The first-order valence-electron chi connectivity index (χ1n) is 9.03. The summed E-state index contributed by atoms with van der Waals surface area (Å²) in [7, 11) is 1.86. The minimum absolute atomic E-state index is 0. The van der Waals surface area contributed by atoms with Crippen LogP contribution in [-0.2, 0) is 13.0 Å². The van der Waals surface area contributed by atoms with Gasteiger partial charge in [-0.2, -0.15) is 4.98 Å². The molecule has 2 N–H and O–H groups in total. The van der Waals surface area contributed by atoms with Crippen LogP contribution in [0.4, 0.5) is 0 Å². The van der Waals surface area contributed by atoms with Crippen LogP contribution in [0.15, 0.2) is 20.2 Å². The third-order valence-electron chi connectivity index (χ3n) is 4.56. The number of aromatic amines is 1. The third kappa shape index (κ3) is 4.00. The van der Waals surface area contributed by atoms with Crippen molar-refractivity contribution < 1.29 is 4.52 Å². The van der Waals surface area contributed by atoms with E-state index in [-0.39, 0.29) is 35.6 Å². The number of nitrogens with zero attached hydrogens (tertiary/aromatic N) is 4. The fourth-order valence-corrected chi connectivity index (χ4v) is 2.87. The molecule has 10 heteroatoms. The van der Waals surface area contributed by atoms with Crippen molar-refractivity contribution in [3.63, 3.8) is 0 Å². The van der Waals surface area contributed by atoms with Gasteiger partial charge in [-0.25, -0.2) is 9.78 Å². The van der Waals surface area contributed by atoms with Gasteiger partial charge in [-0.05, 0) is 32.9 Å². The van der Waals surface area contributed by atoms with Gasteiger partial charge in [-0.15, -0.1) is 12.4 Å². The molecule has 0 aliphatic heterocycles. The predicted octanol–water partition coefficient (Wildman–Crippen LogP) is 1.85. The van der Waals surface area contributed by atoms with Crippen LogP contribution >= 0.6 is 12.4 Å². The van der Waals surface area contributed by atoms with Gasteiger partial charge in [0.15, 0.2) is 11.5 Å². The van der Waals surface area contributed by atoms with E-state index in [9.17, 15) is 9.59 Å². The summed E-state index contributed by atoms with van der Waals surface area (Å²) in [4.78, 5) is 36.1. The van der Waals surface area contributed by atoms with Crippen LogP contribution in [0, 0.1) is 0 Å². The van der Waals surface area contributed by atoms with E-state index in [2.05, 4.69) is 25.4 Å². The number of pyridine rings is 1. The summed E-state index contributed by atoms with van der Waals surface area (Å²) in [5.74, 6) is 0.886.